The monoisotopic (exact) mass is 552 g/mol. The van der Waals surface area contributed by atoms with Gasteiger partial charge in [-0.2, -0.15) is 13.2 Å². The average Bonchev–Trinajstić information content (AvgIpc) is 3.29. The van der Waals surface area contributed by atoms with Gasteiger partial charge in [-0.3, -0.25) is 9.79 Å². The smallest absolute Gasteiger partial charge is 0.417 e. The molecule has 1 aliphatic heterocycles. The van der Waals surface area contributed by atoms with Gasteiger partial charge in [0.15, 0.2) is 5.76 Å². The molecule has 1 atom stereocenters. The lowest BCUT2D eigenvalue weighted by atomic mass is 9.89. The minimum absolute atomic E-state index is 0.00334. The first-order valence-corrected chi connectivity index (χ1v) is 12.7. The molecule has 0 saturated heterocycles. The summed E-state index contributed by atoms with van der Waals surface area (Å²) >= 11 is 0. The molecule has 1 unspecified atom stereocenters. The molecule has 1 aromatic carbocycles. The Kier molecular flexibility index (Phi) is 9.40. The SMILES string of the molecule is CCC=NC1=C(C(C)C)CCN(C(=O)/C(OC=C(C)C)=C(/C)C(F)F)C1c1cc2c(C(F)(F)F)cccc2o1. The fourth-order valence-electron chi connectivity index (χ4n) is 4.44. The van der Waals surface area contributed by atoms with E-state index in [1.54, 1.807) is 20.1 Å². The summed E-state index contributed by atoms with van der Waals surface area (Å²) in [6, 6.07) is 3.81. The number of ether oxygens (including phenoxy) is 1. The molecule has 10 heteroatoms. The maximum Gasteiger partial charge on any atom is 0.417 e. The van der Waals surface area contributed by atoms with Gasteiger partial charge in [0.1, 0.15) is 17.4 Å². The number of amides is 1. The van der Waals surface area contributed by atoms with E-state index in [-0.39, 0.29) is 29.2 Å². The van der Waals surface area contributed by atoms with E-state index in [1.807, 2.05) is 20.8 Å². The summed E-state index contributed by atoms with van der Waals surface area (Å²) < 4.78 is 80.2. The van der Waals surface area contributed by atoms with Gasteiger partial charge in [0.05, 0.1) is 17.5 Å². The van der Waals surface area contributed by atoms with Gasteiger partial charge in [0.2, 0.25) is 0 Å². The molecule has 1 aliphatic rings. The number of halogens is 5. The Morgan fingerprint density at radius 2 is 1.92 bits per heavy atom. The molecule has 0 aliphatic carbocycles. The molecule has 0 bridgehead atoms. The van der Waals surface area contributed by atoms with Crippen molar-refractivity contribution in [3.63, 3.8) is 0 Å². The van der Waals surface area contributed by atoms with Crippen molar-refractivity contribution in [2.75, 3.05) is 6.54 Å². The highest BCUT2D eigenvalue weighted by Gasteiger charge is 2.40. The van der Waals surface area contributed by atoms with Gasteiger partial charge in [-0.1, -0.05) is 26.8 Å². The third-order valence-electron chi connectivity index (χ3n) is 6.34. The number of fused-ring (bicyclic) bond motifs is 1. The zero-order chi connectivity index (χ0) is 29.1. The Morgan fingerprint density at radius 3 is 2.49 bits per heavy atom. The van der Waals surface area contributed by atoms with Gasteiger partial charge in [-0.25, -0.2) is 8.78 Å². The molecular weight excluding hydrogens is 519 g/mol. The molecule has 212 valence electrons. The number of benzene rings is 1. The molecule has 1 aromatic heterocycles. The standard InChI is InChI=1S/C29H33F5N2O3/c1-7-12-35-24-19(17(4)5)11-13-36(28(37)26(18(6)27(30)31)38-15-16(2)3)25(24)23-14-20-21(29(32,33)34)9-8-10-22(20)39-23/h8-10,12,14-15,17,25,27H,7,11,13H2,1-6H3/b26-18+,35-12?. The molecule has 0 radical (unpaired) electrons. The Balaban J connectivity index is 2.29. The zero-order valence-corrected chi connectivity index (χ0v) is 22.8. The van der Waals surface area contributed by atoms with Crippen molar-refractivity contribution in [3.8, 4) is 0 Å². The summed E-state index contributed by atoms with van der Waals surface area (Å²) in [5.74, 6) is -1.33. The molecule has 0 N–H and O–H groups in total. The third kappa shape index (κ3) is 6.59. The first-order valence-electron chi connectivity index (χ1n) is 12.7. The van der Waals surface area contributed by atoms with Crippen LogP contribution in [0, 0.1) is 5.92 Å². The number of nitrogens with zero attached hydrogens (tertiary/aromatic N) is 2. The van der Waals surface area contributed by atoms with Crippen LogP contribution < -0.4 is 0 Å². The first-order chi connectivity index (χ1) is 18.3. The Morgan fingerprint density at radius 1 is 1.23 bits per heavy atom. The molecule has 3 rings (SSSR count). The summed E-state index contributed by atoms with van der Waals surface area (Å²) in [5.41, 5.74) is 0.531. The highest BCUT2D eigenvalue weighted by molar-refractivity contribution is 5.93. The lowest BCUT2D eigenvalue weighted by Crippen LogP contribution is -2.41. The number of carbonyl (C=O) groups excluding carboxylic acids is 1. The van der Waals surface area contributed by atoms with Crippen LogP contribution in [0.3, 0.4) is 0 Å². The number of rotatable bonds is 8. The van der Waals surface area contributed by atoms with Crippen LogP contribution in [0.1, 0.15) is 71.7 Å². The molecule has 0 fully saturated rings. The molecule has 2 aromatic rings. The molecule has 0 spiro atoms. The van der Waals surface area contributed by atoms with Gasteiger partial charge in [0.25, 0.3) is 12.3 Å². The van der Waals surface area contributed by atoms with Gasteiger partial charge in [-0.05, 0) is 68.9 Å². The quantitative estimate of drug-likeness (QED) is 0.143. The van der Waals surface area contributed by atoms with Gasteiger partial charge in [0, 0.05) is 23.7 Å². The lowest BCUT2D eigenvalue weighted by molar-refractivity contribution is -0.136. The maximum atomic E-state index is 13.9. The summed E-state index contributed by atoms with van der Waals surface area (Å²) in [4.78, 5) is 19.8. The fraction of sp³-hybridized carbons (Fsp3) is 0.448. The van der Waals surface area contributed by atoms with Crippen molar-refractivity contribution in [2.24, 2.45) is 10.9 Å². The predicted octanol–water partition coefficient (Wildman–Crippen LogP) is 8.60. The van der Waals surface area contributed by atoms with Crippen LogP contribution in [0.5, 0.6) is 0 Å². The van der Waals surface area contributed by atoms with Crippen LogP contribution in [-0.4, -0.2) is 30.0 Å². The number of aliphatic imine (C=N–C) groups is 1. The van der Waals surface area contributed by atoms with E-state index in [2.05, 4.69) is 4.99 Å². The summed E-state index contributed by atoms with van der Waals surface area (Å²) in [7, 11) is 0. The topological polar surface area (TPSA) is 55.0 Å². The number of alkyl halides is 5. The van der Waals surface area contributed by atoms with E-state index >= 15 is 0 Å². The second-order valence-electron chi connectivity index (χ2n) is 9.93. The fourth-order valence-corrected chi connectivity index (χ4v) is 4.44. The summed E-state index contributed by atoms with van der Waals surface area (Å²) in [5, 5.41) is -0.164. The number of allylic oxidation sites excluding steroid dienone is 2. The highest BCUT2D eigenvalue weighted by atomic mass is 19.4. The minimum atomic E-state index is -4.63. The van der Waals surface area contributed by atoms with Gasteiger partial charge >= 0.3 is 6.18 Å². The second kappa shape index (κ2) is 12.2. The molecular formula is C29H33F5N2O3. The average molecular weight is 553 g/mol. The van der Waals surface area contributed by atoms with Gasteiger partial charge in [-0.15, -0.1) is 0 Å². The number of hydrogen-bond acceptors (Lipinski definition) is 4. The zero-order valence-electron chi connectivity index (χ0n) is 22.8. The van der Waals surface area contributed by atoms with Crippen molar-refractivity contribution in [1.82, 2.24) is 4.90 Å². The van der Waals surface area contributed by atoms with E-state index in [1.165, 1.54) is 29.4 Å². The Labute approximate surface area is 224 Å². The van der Waals surface area contributed by atoms with Gasteiger partial charge < -0.3 is 14.1 Å². The minimum Gasteiger partial charge on any atom is -0.459 e. The van der Waals surface area contributed by atoms with Crippen LogP contribution in [0.25, 0.3) is 11.0 Å². The number of furan rings is 1. The Hall–Kier alpha value is -3.43. The lowest BCUT2D eigenvalue weighted by Gasteiger charge is -2.37. The number of hydrogen-bond donors (Lipinski definition) is 0. The van der Waals surface area contributed by atoms with Crippen LogP contribution in [0.2, 0.25) is 0 Å². The normalized spacial score (nSPS) is 17.5. The predicted molar refractivity (Wildman–Crippen MR) is 140 cm³/mol. The second-order valence-corrected chi connectivity index (χ2v) is 9.93. The van der Waals surface area contributed by atoms with Crippen molar-refractivity contribution in [2.45, 2.75) is 73.0 Å². The van der Waals surface area contributed by atoms with Crippen LogP contribution in [0.4, 0.5) is 22.0 Å². The molecule has 5 nitrogen and oxygen atoms in total. The summed E-state index contributed by atoms with van der Waals surface area (Å²) in [6.07, 6.45) is -3.78. The van der Waals surface area contributed by atoms with Crippen molar-refractivity contribution in [3.05, 3.63) is 70.0 Å². The molecule has 39 heavy (non-hydrogen) atoms. The van der Waals surface area contributed by atoms with E-state index in [9.17, 15) is 26.7 Å². The molecule has 1 amide bonds. The van der Waals surface area contributed by atoms with Crippen molar-refractivity contribution < 1.29 is 35.9 Å². The molecule has 0 saturated carbocycles. The van der Waals surface area contributed by atoms with E-state index in [4.69, 9.17) is 9.15 Å². The van der Waals surface area contributed by atoms with E-state index in [0.717, 1.165) is 18.6 Å². The summed E-state index contributed by atoms with van der Waals surface area (Å²) in [6.45, 7) is 10.4. The third-order valence-corrected chi connectivity index (χ3v) is 6.34. The largest absolute Gasteiger partial charge is 0.459 e. The number of carbonyl (C=O) groups is 1. The van der Waals surface area contributed by atoms with E-state index < -0.39 is 41.4 Å². The Bertz CT molecular complexity index is 1330. The van der Waals surface area contributed by atoms with Crippen molar-refractivity contribution in [1.29, 1.82) is 0 Å². The van der Waals surface area contributed by atoms with Crippen LogP contribution >= 0.6 is 0 Å². The van der Waals surface area contributed by atoms with Crippen LogP contribution in [-0.2, 0) is 15.7 Å². The first kappa shape index (κ1) is 30.1. The highest BCUT2D eigenvalue weighted by Crippen LogP contribution is 2.44. The maximum absolute atomic E-state index is 13.9. The van der Waals surface area contributed by atoms with Crippen LogP contribution in [0.15, 0.2) is 68.1 Å². The van der Waals surface area contributed by atoms with Crippen molar-refractivity contribution >= 4 is 23.1 Å². The molecule has 2 heterocycles. The van der Waals surface area contributed by atoms with E-state index in [0.29, 0.717) is 24.1 Å².